The highest BCUT2D eigenvalue weighted by Gasteiger charge is 2.23. The van der Waals surface area contributed by atoms with Gasteiger partial charge in [-0.15, -0.1) is 0 Å². The third-order valence-electron chi connectivity index (χ3n) is 2.97. The molecule has 1 saturated heterocycles. The van der Waals surface area contributed by atoms with Gasteiger partial charge in [-0.05, 0) is 36.4 Å². The van der Waals surface area contributed by atoms with Gasteiger partial charge in [0.2, 0.25) is 5.91 Å². The number of nitrogens with one attached hydrogen (secondary N) is 1. The van der Waals surface area contributed by atoms with Crippen molar-refractivity contribution in [3.8, 4) is 0 Å². The molecular formula is C14H14FNO3S. The molecule has 0 aliphatic carbocycles. The van der Waals surface area contributed by atoms with Crippen LogP contribution in [0, 0.1) is 11.7 Å². The van der Waals surface area contributed by atoms with Gasteiger partial charge in [-0.3, -0.25) is 4.79 Å². The molecule has 0 bridgehead atoms. The maximum absolute atomic E-state index is 13.7. The average molecular weight is 295 g/mol. The lowest BCUT2D eigenvalue weighted by Crippen LogP contribution is -2.22. The average Bonchev–Trinajstić information content (AvgIpc) is 2.91. The molecule has 0 saturated carbocycles. The van der Waals surface area contributed by atoms with Crippen LogP contribution in [-0.2, 0) is 9.59 Å². The lowest BCUT2D eigenvalue weighted by Gasteiger charge is -2.10. The minimum atomic E-state index is -1.14. The van der Waals surface area contributed by atoms with Crippen LogP contribution >= 0.6 is 11.8 Å². The van der Waals surface area contributed by atoms with Crippen molar-refractivity contribution in [2.75, 3.05) is 16.8 Å². The first-order chi connectivity index (χ1) is 9.56. The standard InChI is InChI=1S/C14H14FNO3S/c15-12-7-11(3-1-9(12)2-4-13(17)18)16-14(19)10-5-6-20-8-10/h1-4,7,10H,5-6,8H2,(H,16,19)(H,17,18). The minimum Gasteiger partial charge on any atom is -0.478 e. The maximum atomic E-state index is 13.7. The summed E-state index contributed by atoms with van der Waals surface area (Å²) in [6, 6.07) is 4.19. The van der Waals surface area contributed by atoms with Crippen molar-refractivity contribution in [1.82, 2.24) is 0 Å². The molecule has 1 atom stereocenters. The highest BCUT2D eigenvalue weighted by Crippen LogP contribution is 2.25. The zero-order chi connectivity index (χ0) is 14.5. The molecule has 1 unspecified atom stereocenters. The van der Waals surface area contributed by atoms with Crippen molar-refractivity contribution in [2.24, 2.45) is 5.92 Å². The van der Waals surface area contributed by atoms with Gasteiger partial charge in [-0.25, -0.2) is 9.18 Å². The van der Waals surface area contributed by atoms with Crippen molar-refractivity contribution in [3.05, 3.63) is 35.7 Å². The fourth-order valence-corrected chi connectivity index (χ4v) is 3.11. The van der Waals surface area contributed by atoms with Crippen molar-refractivity contribution in [2.45, 2.75) is 6.42 Å². The molecule has 1 fully saturated rings. The molecule has 20 heavy (non-hydrogen) atoms. The zero-order valence-electron chi connectivity index (χ0n) is 10.6. The highest BCUT2D eigenvalue weighted by atomic mass is 32.2. The van der Waals surface area contributed by atoms with Gasteiger partial charge in [-0.1, -0.05) is 0 Å². The Morgan fingerprint density at radius 1 is 1.45 bits per heavy atom. The fourth-order valence-electron chi connectivity index (χ4n) is 1.89. The second-order valence-corrected chi connectivity index (χ2v) is 5.61. The molecule has 0 spiro atoms. The van der Waals surface area contributed by atoms with E-state index < -0.39 is 11.8 Å². The van der Waals surface area contributed by atoms with Crippen molar-refractivity contribution < 1.29 is 19.1 Å². The molecule has 106 valence electrons. The smallest absolute Gasteiger partial charge is 0.328 e. The summed E-state index contributed by atoms with van der Waals surface area (Å²) in [6.07, 6.45) is 2.89. The number of halogens is 1. The number of aliphatic carboxylic acids is 1. The summed E-state index contributed by atoms with van der Waals surface area (Å²) < 4.78 is 13.7. The van der Waals surface area contributed by atoms with Gasteiger partial charge in [0.15, 0.2) is 0 Å². The van der Waals surface area contributed by atoms with E-state index >= 15 is 0 Å². The van der Waals surface area contributed by atoms with E-state index in [1.165, 1.54) is 18.2 Å². The van der Waals surface area contributed by atoms with E-state index in [-0.39, 0.29) is 17.4 Å². The van der Waals surface area contributed by atoms with Crippen LogP contribution in [0.5, 0.6) is 0 Å². The van der Waals surface area contributed by atoms with Gasteiger partial charge in [0.25, 0.3) is 0 Å². The van der Waals surface area contributed by atoms with Crippen LogP contribution < -0.4 is 5.32 Å². The van der Waals surface area contributed by atoms with E-state index in [2.05, 4.69) is 5.32 Å². The predicted octanol–water partition coefficient (Wildman–Crippen LogP) is 2.62. The topological polar surface area (TPSA) is 66.4 Å². The van der Waals surface area contributed by atoms with Crippen LogP contribution in [0.4, 0.5) is 10.1 Å². The van der Waals surface area contributed by atoms with Crippen LogP contribution in [0.2, 0.25) is 0 Å². The van der Waals surface area contributed by atoms with E-state index in [9.17, 15) is 14.0 Å². The normalized spacial score (nSPS) is 18.4. The maximum Gasteiger partial charge on any atom is 0.328 e. The van der Waals surface area contributed by atoms with E-state index in [4.69, 9.17) is 5.11 Å². The number of carbonyl (C=O) groups is 2. The van der Waals surface area contributed by atoms with Crippen LogP contribution in [0.25, 0.3) is 6.08 Å². The number of anilines is 1. The Labute approximate surface area is 120 Å². The van der Waals surface area contributed by atoms with Gasteiger partial charge >= 0.3 is 5.97 Å². The predicted molar refractivity (Wildman–Crippen MR) is 77.1 cm³/mol. The number of hydrogen-bond donors (Lipinski definition) is 2. The number of carbonyl (C=O) groups excluding carboxylic acids is 1. The molecule has 1 amide bonds. The van der Waals surface area contributed by atoms with Crippen LogP contribution in [0.1, 0.15) is 12.0 Å². The minimum absolute atomic E-state index is 0.0188. The van der Waals surface area contributed by atoms with Crippen molar-refractivity contribution in [3.63, 3.8) is 0 Å². The lowest BCUT2D eigenvalue weighted by atomic mass is 10.1. The molecule has 4 nitrogen and oxygen atoms in total. The van der Waals surface area contributed by atoms with E-state index in [1.54, 1.807) is 17.8 Å². The monoisotopic (exact) mass is 295 g/mol. The Kier molecular flexibility index (Phi) is 4.79. The van der Waals surface area contributed by atoms with E-state index in [1.807, 2.05) is 0 Å². The molecule has 2 N–H and O–H groups in total. The largest absolute Gasteiger partial charge is 0.478 e. The first-order valence-electron chi connectivity index (χ1n) is 6.15. The summed E-state index contributed by atoms with van der Waals surface area (Å²) in [5.74, 6) is -0.0430. The van der Waals surface area contributed by atoms with Gasteiger partial charge in [0.05, 0.1) is 0 Å². The number of carboxylic acids is 1. The summed E-state index contributed by atoms with van der Waals surface area (Å²) in [7, 11) is 0. The Balaban J connectivity index is 2.04. The number of amides is 1. The Morgan fingerprint density at radius 3 is 2.85 bits per heavy atom. The first kappa shape index (κ1) is 14.6. The molecule has 2 rings (SSSR count). The lowest BCUT2D eigenvalue weighted by molar-refractivity contribution is -0.131. The second kappa shape index (κ2) is 6.56. The number of rotatable bonds is 4. The molecule has 1 aliphatic rings. The van der Waals surface area contributed by atoms with E-state index in [0.717, 1.165) is 24.0 Å². The zero-order valence-corrected chi connectivity index (χ0v) is 11.5. The molecule has 0 aromatic heterocycles. The molecule has 1 aromatic rings. The first-order valence-corrected chi connectivity index (χ1v) is 7.31. The summed E-state index contributed by atoms with van der Waals surface area (Å²) in [6.45, 7) is 0. The number of hydrogen-bond acceptors (Lipinski definition) is 3. The molecule has 6 heteroatoms. The molecule has 0 radical (unpaired) electrons. The van der Waals surface area contributed by atoms with Crippen LogP contribution in [0.3, 0.4) is 0 Å². The third-order valence-corrected chi connectivity index (χ3v) is 4.14. The second-order valence-electron chi connectivity index (χ2n) is 4.46. The van der Waals surface area contributed by atoms with Gasteiger partial charge in [0.1, 0.15) is 5.82 Å². The molecular weight excluding hydrogens is 281 g/mol. The Morgan fingerprint density at radius 2 is 2.25 bits per heavy atom. The quantitative estimate of drug-likeness (QED) is 0.838. The van der Waals surface area contributed by atoms with Gasteiger partial charge < -0.3 is 10.4 Å². The Hall–Kier alpha value is -1.82. The van der Waals surface area contributed by atoms with Gasteiger partial charge in [-0.2, -0.15) is 11.8 Å². The van der Waals surface area contributed by atoms with Crippen LogP contribution in [-0.4, -0.2) is 28.5 Å². The molecule has 1 aliphatic heterocycles. The fraction of sp³-hybridized carbons (Fsp3) is 0.286. The molecule has 1 aromatic carbocycles. The highest BCUT2D eigenvalue weighted by molar-refractivity contribution is 7.99. The third kappa shape index (κ3) is 3.84. The summed E-state index contributed by atoms with van der Waals surface area (Å²) in [5.41, 5.74) is 0.554. The summed E-state index contributed by atoms with van der Waals surface area (Å²) in [4.78, 5) is 22.3. The summed E-state index contributed by atoms with van der Waals surface area (Å²) in [5, 5.41) is 11.2. The number of carboxylic acid groups (broad SMARTS) is 1. The van der Waals surface area contributed by atoms with Crippen molar-refractivity contribution in [1.29, 1.82) is 0 Å². The molecule has 1 heterocycles. The number of benzene rings is 1. The summed E-state index contributed by atoms with van der Waals surface area (Å²) >= 11 is 1.74. The SMILES string of the molecule is O=C(O)C=Cc1ccc(NC(=O)C2CCSC2)cc1F. The number of thioether (sulfide) groups is 1. The van der Waals surface area contributed by atoms with Crippen LogP contribution in [0.15, 0.2) is 24.3 Å². The van der Waals surface area contributed by atoms with Gasteiger partial charge in [0, 0.05) is 29.0 Å². The Bertz CT molecular complexity index is 553. The van der Waals surface area contributed by atoms with E-state index in [0.29, 0.717) is 5.69 Å². The van der Waals surface area contributed by atoms with Crippen molar-refractivity contribution >= 4 is 35.4 Å².